The first-order valence-corrected chi connectivity index (χ1v) is 8.89. The average Bonchev–Trinajstić information content (AvgIpc) is 2.84. The van der Waals surface area contributed by atoms with Gasteiger partial charge in [0.25, 0.3) is 0 Å². The van der Waals surface area contributed by atoms with Gasteiger partial charge in [0.15, 0.2) is 5.65 Å². The minimum absolute atomic E-state index is 0.0781. The number of carbonyl (C=O) groups excluding carboxylic acids is 1. The summed E-state index contributed by atoms with van der Waals surface area (Å²) in [6.45, 7) is 8.86. The number of carbonyl (C=O) groups is 1. The Morgan fingerprint density at radius 1 is 1.38 bits per heavy atom. The number of nitrogens with zero attached hydrogens (tertiary/aromatic N) is 5. The average molecular weight is 396 g/mol. The molecule has 3 heterocycles. The van der Waals surface area contributed by atoms with E-state index >= 15 is 0 Å². The highest BCUT2D eigenvalue weighted by Gasteiger charge is 2.30. The molecule has 2 aromatic rings. The van der Waals surface area contributed by atoms with Crippen molar-refractivity contribution in [1.82, 2.24) is 24.6 Å². The van der Waals surface area contributed by atoms with E-state index in [0.29, 0.717) is 13.1 Å². The molecule has 0 saturated carbocycles. The number of fused-ring (bicyclic) bond motifs is 1. The first kappa shape index (κ1) is 17.1. The van der Waals surface area contributed by atoms with Crippen LogP contribution in [0.5, 0.6) is 0 Å². The predicted molar refractivity (Wildman–Crippen MR) is 93.8 cm³/mol. The summed E-state index contributed by atoms with van der Waals surface area (Å²) in [4.78, 5) is 22.7. The third-order valence-corrected chi connectivity index (χ3v) is 4.58. The van der Waals surface area contributed by atoms with Gasteiger partial charge in [0.1, 0.15) is 16.5 Å². The van der Waals surface area contributed by atoms with E-state index in [9.17, 15) is 4.79 Å². The molecule has 1 fully saturated rings. The van der Waals surface area contributed by atoms with E-state index in [-0.39, 0.29) is 12.1 Å². The van der Waals surface area contributed by atoms with Crippen molar-refractivity contribution in [3.63, 3.8) is 0 Å². The minimum atomic E-state index is -0.490. The van der Waals surface area contributed by atoms with E-state index in [4.69, 9.17) is 4.74 Å². The van der Waals surface area contributed by atoms with E-state index in [1.165, 1.54) is 0 Å². The molecule has 0 aliphatic carbocycles. The lowest BCUT2D eigenvalue weighted by molar-refractivity contribution is 0.0169. The molecule has 1 amide bonds. The number of rotatable bonds is 1. The van der Waals surface area contributed by atoms with Gasteiger partial charge in [-0.2, -0.15) is 5.10 Å². The highest BCUT2D eigenvalue weighted by Crippen LogP contribution is 2.30. The molecule has 0 spiro atoms. The van der Waals surface area contributed by atoms with Crippen LogP contribution in [0.15, 0.2) is 10.9 Å². The number of hydrogen-bond donors (Lipinski definition) is 0. The van der Waals surface area contributed by atoms with Crippen molar-refractivity contribution < 1.29 is 9.53 Å². The van der Waals surface area contributed by atoms with Gasteiger partial charge in [0.2, 0.25) is 0 Å². The SMILES string of the molecule is Cc1ncnc2c1c(Br)nn2[C@@H]1CCCN(C(=O)OC(C)(C)C)C1. The smallest absolute Gasteiger partial charge is 0.410 e. The Bertz CT molecular complexity index is 768. The van der Waals surface area contributed by atoms with Gasteiger partial charge in [-0.3, -0.25) is 0 Å². The van der Waals surface area contributed by atoms with Gasteiger partial charge < -0.3 is 9.64 Å². The van der Waals surface area contributed by atoms with Crippen molar-refractivity contribution in [3.8, 4) is 0 Å². The zero-order valence-electron chi connectivity index (χ0n) is 14.4. The molecule has 1 aliphatic rings. The first-order chi connectivity index (χ1) is 11.3. The zero-order valence-corrected chi connectivity index (χ0v) is 16.0. The lowest BCUT2D eigenvalue weighted by Crippen LogP contribution is -2.43. The lowest BCUT2D eigenvalue weighted by atomic mass is 10.1. The topological polar surface area (TPSA) is 73.1 Å². The monoisotopic (exact) mass is 395 g/mol. The molecule has 1 saturated heterocycles. The molecule has 24 heavy (non-hydrogen) atoms. The number of halogens is 1. The molecular formula is C16H22BrN5O2. The van der Waals surface area contributed by atoms with Crippen LogP contribution in [0.4, 0.5) is 4.79 Å². The fourth-order valence-corrected chi connectivity index (χ4v) is 3.60. The van der Waals surface area contributed by atoms with Crippen LogP contribution in [0, 0.1) is 6.92 Å². The maximum Gasteiger partial charge on any atom is 0.410 e. The number of aryl methyl sites for hydroxylation is 1. The Kier molecular flexibility index (Phi) is 4.50. The summed E-state index contributed by atoms with van der Waals surface area (Å²) in [6, 6.07) is 0.0781. The number of amides is 1. The first-order valence-electron chi connectivity index (χ1n) is 8.09. The quantitative estimate of drug-likeness (QED) is 0.738. The van der Waals surface area contributed by atoms with Crippen LogP contribution in [0.3, 0.4) is 0 Å². The molecule has 2 aromatic heterocycles. The molecule has 1 aliphatic heterocycles. The van der Waals surface area contributed by atoms with Crippen molar-refractivity contribution in [1.29, 1.82) is 0 Å². The minimum Gasteiger partial charge on any atom is -0.444 e. The van der Waals surface area contributed by atoms with E-state index in [2.05, 4.69) is 31.0 Å². The second kappa shape index (κ2) is 6.31. The van der Waals surface area contributed by atoms with Crippen molar-refractivity contribution in [2.75, 3.05) is 13.1 Å². The van der Waals surface area contributed by atoms with Crippen molar-refractivity contribution in [2.24, 2.45) is 0 Å². The van der Waals surface area contributed by atoms with Crippen LogP contribution in [0.2, 0.25) is 0 Å². The van der Waals surface area contributed by atoms with Crippen molar-refractivity contribution in [2.45, 2.75) is 52.2 Å². The molecule has 0 aromatic carbocycles. The Morgan fingerprint density at radius 2 is 2.12 bits per heavy atom. The van der Waals surface area contributed by atoms with E-state index in [0.717, 1.165) is 34.2 Å². The number of aromatic nitrogens is 4. The second-order valence-electron chi connectivity index (χ2n) is 7.12. The second-order valence-corrected chi connectivity index (χ2v) is 7.87. The summed E-state index contributed by atoms with van der Waals surface area (Å²) in [5.41, 5.74) is 1.19. The fourth-order valence-electron chi connectivity index (χ4n) is 2.97. The van der Waals surface area contributed by atoms with Crippen LogP contribution in [-0.2, 0) is 4.74 Å². The number of likely N-dealkylation sites (tertiary alicyclic amines) is 1. The normalized spacial score (nSPS) is 18.9. The van der Waals surface area contributed by atoms with Gasteiger partial charge >= 0.3 is 6.09 Å². The Labute approximate surface area is 149 Å². The predicted octanol–water partition coefficient (Wildman–Crippen LogP) is 3.47. The highest BCUT2D eigenvalue weighted by molar-refractivity contribution is 9.10. The standard InChI is InChI=1S/C16H22BrN5O2/c1-10-12-13(17)20-22(14(12)19-9-18-10)11-6-5-7-21(8-11)15(23)24-16(2,3)4/h9,11H,5-8H2,1-4H3/t11-/m1/s1. The van der Waals surface area contributed by atoms with Gasteiger partial charge in [0.05, 0.1) is 17.1 Å². The number of ether oxygens (including phenoxy) is 1. The van der Waals surface area contributed by atoms with E-state index in [1.807, 2.05) is 32.4 Å². The summed E-state index contributed by atoms with van der Waals surface area (Å²) in [7, 11) is 0. The van der Waals surface area contributed by atoms with Crippen LogP contribution in [0.1, 0.15) is 45.3 Å². The van der Waals surface area contributed by atoms with Gasteiger partial charge in [-0.15, -0.1) is 0 Å². The number of piperidine rings is 1. The maximum absolute atomic E-state index is 12.4. The van der Waals surface area contributed by atoms with Crippen LogP contribution in [0.25, 0.3) is 11.0 Å². The summed E-state index contributed by atoms with van der Waals surface area (Å²) < 4.78 is 8.14. The molecule has 3 rings (SSSR count). The molecular weight excluding hydrogens is 374 g/mol. The fraction of sp³-hybridized carbons (Fsp3) is 0.625. The molecule has 130 valence electrons. The molecule has 0 radical (unpaired) electrons. The van der Waals surface area contributed by atoms with Crippen LogP contribution < -0.4 is 0 Å². The third kappa shape index (κ3) is 3.38. The zero-order chi connectivity index (χ0) is 17.5. The van der Waals surface area contributed by atoms with E-state index < -0.39 is 5.60 Å². The van der Waals surface area contributed by atoms with Crippen molar-refractivity contribution >= 4 is 33.1 Å². The van der Waals surface area contributed by atoms with Gasteiger partial charge in [-0.1, -0.05) is 0 Å². The van der Waals surface area contributed by atoms with Gasteiger partial charge in [0, 0.05) is 13.1 Å². The van der Waals surface area contributed by atoms with Crippen LogP contribution >= 0.6 is 15.9 Å². The molecule has 7 nitrogen and oxygen atoms in total. The number of hydrogen-bond acceptors (Lipinski definition) is 5. The highest BCUT2D eigenvalue weighted by atomic mass is 79.9. The van der Waals surface area contributed by atoms with Gasteiger partial charge in [-0.25, -0.2) is 19.4 Å². The Morgan fingerprint density at radius 3 is 2.83 bits per heavy atom. The molecule has 0 unspecified atom stereocenters. The summed E-state index contributed by atoms with van der Waals surface area (Å²) in [6.07, 6.45) is 3.14. The van der Waals surface area contributed by atoms with E-state index in [1.54, 1.807) is 11.2 Å². The summed E-state index contributed by atoms with van der Waals surface area (Å²) >= 11 is 3.50. The lowest BCUT2D eigenvalue weighted by Gasteiger charge is -2.34. The molecule has 0 bridgehead atoms. The summed E-state index contributed by atoms with van der Waals surface area (Å²) in [5.74, 6) is 0. The largest absolute Gasteiger partial charge is 0.444 e. The Balaban J connectivity index is 1.86. The molecule has 8 heteroatoms. The summed E-state index contributed by atoms with van der Waals surface area (Å²) in [5, 5.41) is 5.52. The van der Waals surface area contributed by atoms with Gasteiger partial charge in [-0.05, 0) is 56.5 Å². The Hall–Kier alpha value is -1.70. The maximum atomic E-state index is 12.4. The van der Waals surface area contributed by atoms with Crippen molar-refractivity contribution in [3.05, 3.63) is 16.6 Å². The molecule has 0 N–H and O–H groups in total. The third-order valence-electron chi connectivity index (χ3n) is 4.03. The molecule has 1 atom stereocenters. The van der Waals surface area contributed by atoms with Crippen LogP contribution in [-0.4, -0.2) is 49.4 Å².